The van der Waals surface area contributed by atoms with E-state index in [4.69, 9.17) is 0 Å². The molecule has 0 amide bonds. The summed E-state index contributed by atoms with van der Waals surface area (Å²) in [7, 11) is 0. The van der Waals surface area contributed by atoms with Crippen LogP contribution in [0.25, 0.3) is 0 Å². The van der Waals surface area contributed by atoms with Gasteiger partial charge in [0, 0.05) is 0 Å². The molecule has 4 nitrogen and oxygen atoms in total. The van der Waals surface area contributed by atoms with Gasteiger partial charge in [-0.25, -0.2) is 0 Å². The predicted octanol–water partition coefficient (Wildman–Crippen LogP) is -3.95. The Kier molecular flexibility index (Phi) is 897. The predicted molar refractivity (Wildman–Crippen MR) is 21.6 cm³/mol. The summed E-state index contributed by atoms with van der Waals surface area (Å²) in [6.45, 7) is 0. The van der Waals surface area contributed by atoms with Crippen molar-refractivity contribution in [1.29, 1.82) is 0 Å². The fourth-order valence-electron chi connectivity index (χ4n) is 0. The zero-order chi connectivity index (χ0) is 0. The molecule has 0 saturated heterocycles. The summed E-state index contributed by atoms with van der Waals surface area (Å²) in [6.07, 6.45) is 0. The normalized spacial score (nSPS) is 0. The number of hydrogen-bond donors (Lipinski definition) is 0. The Morgan fingerprint density at radius 1 is 0.400 bits per heavy atom. The summed E-state index contributed by atoms with van der Waals surface area (Å²) in [4.78, 5) is 0. The molecule has 0 fully saturated rings. The van der Waals surface area contributed by atoms with Gasteiger partial charge in [-0.15, -0.1) is 0 Å². The molecule has 5 heavy (non-hydrogen) atoms. The topological polar surface area (TPSA) is 126 Å². The third-order valence-corrected chi connectivity index (χ3v) is 0. The molecule has 0 unspecified atom stereocenters. The Morgan fingerprint density at radius 2 is 0.400 bits per heavy atom. The van der Waals surface area contributed by atoms with Crippen molar-refractivity contribution >= 4 is 51.4 Å². The van der Waals surface area contributed by atoms with Crippen molar-refractivity contribution in [2.24, 2.45) is 0 Å². The van der Waals surface area contributed by atoms with E-state index in [1.165, 1.54) is 0 Å². The molecule has 0 aliphatic rings. The van der Waals surface area contributed by atoms with Crippen LogP contribution < -0.4 is 0 Å². The monoisotopic (exact) mass is 112 g/mol. The SMILES string of the molecule is O.O.O.O.[KH]. The van der Waals surface area contributed by atoms with Gasteiger partial charge in [0.1, 0.15) is 0 Å². The molecule has 8 N–H and O–H groups in total. The molecule has 0 aliphatic heterocycles. The van der Waals surface area contributed by atoms with Crippen LogP contribution >= 0.6 is 0 Å². The standard InChI is InChI=1S/K.4H2O.H/h;4*1H2;. The molecule has 0 aromatic rings. The Labute approximate surface area is 72.2 Å². The molecule has 0 radical (unpaired) electrons. The molecule has 0 aromatic heterocycles. The molecule has 0 aliphatic carbocycles. The molecule has 0 saturated carbocycles. The molecule has 0 spiro atoms. The van der Waals surface area contributed by atoms with E-state index >= 15 is 0 Å². The van der Waals surface area contributed by atoms with Gasteiger partial charge in [0.15, 0.2) is 0 Å². The average molecular weight is 112 g/mol. The van der Waals surface area contributed by atoms with E-state index in [9.17, 15) is 0 Å². The van der Waals surface area contributed by atoms with Gasteiger partial charge in [0.25, 0.3) is 0 Å². The zero-order valence-corrected chi connectivity index (χ0v) is 2.00. The Balaban J connectivity index is 0. The van der Waals surface area contributed by atoms with E-state index in [1.54, 1.807) is 0 Å². The molecular weight excluding hydrogens is 103 g/mol. The van der Waals surface area contributed by atoms with Crippen LogP contribution in [0.3, 0.4) is 0 Å². The molecule has 0 heterocycles. The van der Waals surface area contributed by atoms with Gasteiger partial charge in [0.2, 0.25) is 0 Å². The molecule has 0 bridgehead atoms. The van der Waals surface area contributed by atoms with E-state index in [2.05, 4.69) is 0 Å². The van der Waals surface area contributed by atoms with Crippen LogP contribution in [-0.2, 0) is 0 Å². The van der Waals surface area contributed by atoms with Crippen LogP contribution in [0.5, 0.6) is 0 Å². The average Bonchev–Trinajstić information content (AvgIpc) is 0. The first kappa shape index (κ1) is 89.1. The van der Waals surface area contributed by atoms with Crippen molar-refractivity contribution in [1.82, 2.24) is 0 Å². The minimum absolute atomic E-state index is 0. The zero-order valence-electron chi connectivity index (χ0n) is 2.00. The maximum atomic E-state index is 0. The second-order valence-corrected chi connectivity index (χ2v) is 0. The van der Waals surface area contributed by atoms with Crippen LogP contribution in [0, 0.1) is 0 Å². The van der Waals surface area contributed by atoms with Gasteiger partial charge in [-0.1, -0.05) is 0 Å². The van der Waals surface area contributed by atoms with Crippen molar-refractivity contribution in [2.45, 2.75) is 0 Å². The van der Waals surface area contributed by atoms with E-state index in [-0.39, 0.29) is 73.3 Å². The molecular formula is H9KO4. The Bertz CT molecular complexity index is 3.61. The second-order valence-electron chi connectivity index (χ2n) is 0. The summed E-state index contributed by atoms with van der Waals surface area (Å²) >= 11 is 0. The van der Waals surface area contributed by atoms with Crippen molar-refractivity contribution < 1.29 is 21.9 Å². The van der Waals surface area contributed by atoms with Crippen molar-refractivity contribution in [3.63, 3.8) is 0 Å². The first-order valence-electron chi connectivity index (χ1n) is 0. The summed E-state index contributed by atoms with van der Waals surface area (Å²) in [5.41, 5.74) is 0. The molecule has 0 aromatic carbocycles. The van der Waals surface area contributed by atoms with E-state index in [0.29, 0.717) is 0 Å². The van der Waals surface area contributed by atoms with Crippen LogP contribution in [0.1, 0.15) is 0 Å². The van der Waals surface area contributed by atoms with Gasteiger partial charge in [0.05, 0.1) is 0 Å². The number of rotatable bonds is 0. The Morgan fingerprint density at radius 3 is 0.400 bits per heavy atom. The van der Waals surface area contributed by atoms with Gasteiger partial charge in [-0.2, -0.15) is 0 Å². The quantitative estimate of drug-likeness (QED) is 0.283. The van der Waals surface area contributed by atoms with Crippen LogP contribution in [0.2, 0.25) is 0 Å². The minimum atomic E-state index is 0. The molecule has 0 rings (SSSR count). The van der Waals surface area contributed by atoms with Crippen LogP contribution in [-0.4, -0.2) is 73.3 Å². The van der Waals surface area contributed by atoms with E-state index in [0.717, 1.165) is 0 Å². The molecule has 34 valence electrons. The Hall–Kier alpha value is 1.48. The summed E-state index contributed by atoms with van der Waals surface area (Å²) in [5.74, 6) is 0. The third-order valence-electron chi connectivity index (χ3n) is 0. The van der Waals surface area contributed by atoms with Crippen molar-refractivity contribution in [2.75, 3.05) is 0 Å². The van der Waals surface area contributed by atoms with Gasteiger partial charge < -0.3 is 21.9 Å². The first-order chi connectivity index (χ1) is 0. The molecule has 0 atom stereocenters. The fraction of sp³-hybridized carbons (Fsp3) is 0. The fourth-order valence-corrected chi connectivity index (χ4v) is 0. The summed E-state index contributed by atoms with van der Waals surface area (Å²) in [6, 6.07) is 0. The summed E-state index contributed by atoms with van der Waals surface area (Å²) in [5, 5.41) is 0. The second kappa shape index (κ2) is 50.3. The first-order valence-corrected chi connectivity index (χ1v) is 0. The van der Waals surface area contributed by atoms with Gasteiger partial charge in [-0.3, -0.25) is 0 Å². The van der Waals surface area contributed by atoms with Gasteiger partial charge in [-0.05, 0) is 0 Å². The maximum absolute atomic E-state index is 0. The van der Waals surface area contributed by atoms with E-state index < -0.39 is 0 Å². The van der Waals surface area contributed by atoms with Gasteiger partial charge >= 0.3 is 51.4 Å². The summed E-state index contributed by atoms with van der Waals surface area (Å²) < 4.78 is 0. The third kappa shape index (κ3) is 30.4. The van der Waals surface area contributed by atoms with Crippen molar-refractivity contribution in [3.8, 4) is 0 Å². The molecule has 5 heteroatoms. The van der Waals surface area contributed by atoms with Crippen LogP contribution in [0.15, 0.2) is 0 Å². The van der Waals surface area contributed by atoms with Crippen molar-refractivity contribution in [3.05, 3.63) is 0 Å². The van der Waals surface area contributed by atoms with Crippen LogP contribution in [0.4, 0.5) is 0 Å². The number of hydrogen-bond acceptors (Lipinski definition) is 0. The van der Waals surface area contributed by atoms with E-state index in [1.807, 2.05) is 0 Å².